The topological polar surface area (TPSA) is 207 Å². The van der Waals surface area contributed by atoms with Crippen molar-refractivity contribution < 1.29 is 76.1 Å². The molecule has 1 amide bonds. The third-order valence-electron chi connectivity index (χ3n) is 8.40. The summed E-state index contributed by atoms with van der Waals surface area (Å²) >= 11 is 1.25. The number of carbonyl (C=O) groups is 6. The summed E-state index contributed by atoms with van der Waals surface area (Å²) in [7, 11) is 0. The lowest BCUT2D eigenvalue weighted by Gasteiger charge is -2.51. The first-order valence-electron chi connectivity index (χ1n) is 17.7. The zero-order chi connectivity index (χ0) is 39.4. The number of rotatable bonds is 16. The molecule has 5 unspecified atom stereocenters. The third kappa shape index (κ3) is 12.7. The van der Waals surface area contributed by atoms with Crippen molar-refractivity contribution in [3.05, 3.63) is 35.9 Å². The predicted octanol–water partition coefficient (Wildman–Crippen LogP) is 2.27. The van der Waals surface area contributed by atoms with Gasteiger partial charge < -0.3 is 52.7 Å². The molecule has 0 bridgehead atoms. The first kappa shape index (κ1) is 43.1. The van der Waals surface area contributed by atoms with E-state index >= 15 is 0 Å². The van der Waals surface area contributed by atoms with Crippen LogP contribution in [0.5, 0.6) is 0 Å². The summed E-state index contributed by atoms with van der Waals surface area (Å²) in [6.45, 7) is 7.12. The van der Waals surface area contributed by atoms with Crippen molar-refractivity contribution >= 4 is 46.7 Å². The highest BCUT2D eigenvalue weighted by molar-refractivity contribution is 8.13. The number of fused-ring (bicyclic) bond motifs is 1. The Morgan fingerprint density at radius 3 is 2.04 bits per heavy atom. The number of carbonyl (C=O) groups excluding carboxylic acids is 6. The molecule has 3 saturated heterocycles. The number of amides is 1. The zero-order valence-corrected chi connectivity index (χ0v) is 31.9. The Labute approximate surface area is 317 Å². The Hall–Kier alpha value is -3.65. The van der Waals surface area contributed by atoms with E-state index in [0.29, 0.717) is 17.7 Å². The molecule has 3 fully saturated rings. The van der Waals surface area contributed by atoms with E-state index in [4.69, 9.17) is 47.4 Å². The van der Waals surface area contributed by atoms with Crippen LogP contribution in [0.15, 0.2) is 30.3 Å². The first-order chi connectivity index (χ1) is 25.7. The van der Waals surface area contributed by atoms with E-state index in [1.807, 2.05) is 30.3 Å². The van der Waals surface area contributed by atoms with Crippen molar-refractivity contribution in [2.75, 3.05) is 25.6 Å². The van der Waals surface area contributed by atoms with Crippen molar-refractivity contribution in [3.8, 4) is 0 Å². The Morgan fingerprint density at radius 1 is 0.741 bits per heavy atom. The monoisotopic (exact) mass is 783 g/mol. The molecule has 3 heterocycles. The van der Waals surface area contributed by atoms with Crippen LogP contribution in [0.4, 0.5) is 0 Å². The SMILES string of the molecule is CC(=O)NC1[C@H](OCCCCCSC(C)=O)OC2COC(c3ccccc3)O[C@@H]2[C@@H]1O[C@@H]1OC(COC(C)=O)[C@H](OC(C)=O)C(OC(C)=O)[C@@H]1OC(C)=O. The molecule has 3 aliphatic heterocycles. The molecule has 4 rings (SSSR count). The van der Waals surface area contributed by atoms with Crippen molar-refractivity contribution in [2.45, 2.75) is 128 Å². The van der Waals surface area contributed by atoms with Crippen LogP contribution in [-0.4, -0.2) is 122 Å². The van der Waals surface area contributed by atoms with Gasteiger partial charge in [-0.05, 0) is 12.8 Å². The molecule has 300 valence electrons. The quantitative estimate of drug-likeness (QED) is 0.145. The Bertz CT molecular complexity index is 1450. The molecular formula is C36H49NO16S. The summed E-state index contributed by atoms with van der Waals surface area (Å²) in [5.41, 5.74) is 0.694. The van der Waals surface area contributed by atoms with Gasteiger partial charge in [0.15, 0.2) is 42.3 Å². The molecule has 1 aromatic rings. The highest BCUT2D eigenvalue weighted by Gasteiger charge is 2.57. The average Bonchev–Trinajstić information content (AvgIpc) is 3.10. The van der Waals surface area contributed by atoms with Crippen LogP contribution in [0, 0.1) is 0 Å². The van der Waals surface area contributed by atoms with Crippen LogP contribution in [0.25, 0.3) is 0 Å². The second-order valence-electron chi connectivity index (χ2n) is 12.9. The number of unbranched alkanes of at least 4 members (excludes halogenated alkanes) is 2. The maximum absolute atomic E-state index is 12.7. The molecule has 11 atom stereocenters. The number of hydrogen-bond acceptors (Lipinski definition) is 17. The van der Waals surface area contributed by atoms with E-state index in [9.17, 15) is 28.8 Å². The van der Waals surface area contributed by atoms with E-state index in [1.165, 1.54) is 32.5 Å². The molecule has 0 radical (unpaired) electrons. The molecule has 0 spiro atoms. The van der Waals surface area contributed by atoms with Gasteiger partial charge in [0.1, 0.15) is 37.1 Å². The highest BCUT2D eigenvalue weighted by atomic mass is 32.2. The van der Waals surface area contributed by atoms with Crippen LogP contribution in [-0.2, 0) is 76.1 Å². The fourth-order valence-electron chi connectivity index (χ4n) is 6.29. The van der Waals surface area contributed by atoms with Crippen LogP contribution in [0.2, 0.25) is 0 Å². The van der Waals surface area contributed by atoms with Crippen molar-refractivity contribution in [1.29, 1.82) is 0 Å². The smallest absolute Gasteiger partial charge is 0.303 e. The van der Waals surface area contributed by atoms with Gasteiger partial charge in [0.05, 0.1) is 6.61 Å². The zero-order valence-electron chi connectivity index (χ0n) is 31.1. The van der Waals surface area contributed by atoms with Gasteiger partial charge in [0.25, 0.3) is 0 Å². The third-order valence-corrected chi connectivity index (χ3v) is 9.30. The van der Waals surface area contributed by atoms with Gasteiger partial charge in [-0.1, -0.05) is 48.5 Å². The number of esters is 4. The number of hydrogen-bond donors (Lipinski definition) is 1. The van der Waals surface area contributed by atoms with E-state index in [-0.39, 0.29) is 18.3 Å². The summed E-state index contributed by atoms with van der Waals surface area (Å²) in [4.78, 5) is 73.1. The summed E-state index contributed by atoms with van der Waals surface area (Å²) in [6.07, 6.45) is -10.1. The Kier molecular flexibility index (Phi) is 16.7. The lowest BCUT2D eigenvalue weighted by Crippen LogP contribution is -2.70. The molecule has 1 aromatic carbocycles. The van der Waals surface area contributed by atoms with Gasteiger partial charge in [-0.15, -0.1) is 0 Å². The molecule has 18 heteroatoms. The van der Waals surface area contributed by atoms with Crippen molar-refractivity contribution in [3.63, 3.8) is 0 Å². The van der Waals surface area contributed by atoms with Crippen molar-refractivity contribution in [2.24, 2.45) is 0 Å². The van der Waals surface area contributed by atoms with Gasteiger partial charge in [0, 0.05) is 59.5 Å². The highest BCUT2D eigenvalue weighted by Crippen LogP contribution is 2.38. The molecule has 0 saturated carbocycles. The second kappa shape index (κ2) is 20.9. The standard InChI is InChI=1S/C36H49NO16S/c1-19(38)37-28-31(53-36-33(49-23(5)42)32(48-22(4)41)30(47-21(3)40)26(51-36)17-45-20(2)39)29-27(18-46-34(52-29)25-13-9-7-10-14-25)50-35(28)44-15-11-8-12-16-54-24(6)43/h7,9-10,13-14,26-36H,8,11-12,15-18H2,1-6H3,(H,37,38)/t26?,27?,28?,29-,30-,31+,32?,33-,34?,35+,36-/m0/s1. The number of nitrogens with one attached hydrogen (secondary N) is 1. The molecule has 1 N–H and O–H groups in total. The molecule has 54 heavy (non-hydrogen) atoms. The molecule has 0 aromatic heterocycles. The van der Waals surface area contributed by atoms with Gasteiger partial charge in [0.2, 0.25) is 5.91 Å². The van der Waals surface area contributed by atoms with Crippen molar-refractivity contribution in [1.82, 2.24) is 5.32 Å². The lowest BCUT2D eigenvalue weighted by atomic mass is 9.94. The average molecular weight is 784 g/mol. The summed E-state index contributed by atoms with van der Waals surface area (Å²) in [5, 5.41) is 2.90. The van der Waals surface area contributed by atoms with Crippen LogP contribution < -0.4 is 5.32 Å². The lowest BCUT2D eigenvalue weighted by molar-refractivity contribution is -0.378. The summed E-state index contributed by atoms with van der Waals surface area (Å²) in [5.74, 6) is -2.87. The minimum Gasteiger partial charge on any atom is -0.463 e. The number of ether oxygens (including phenoxy) is 10. The normalized spacial score (nSPS) is 30.6. The largest absolute Gasteiger partial charge is 0.463 e. The van der Waals surface area contributed by atoms with Gasteiger partial charge >= 0.3 is 23.9 Å². The maximum atomic E-state index is 12.7. The van der Waals surface area contributed by atoms with Gasteiger partial charge in [-0.2, -0.15) is 0 Å². The second-order valence-corrected chi connectivity index (χ2v) is 14.2. The minimum atomic E-state index is -1.59. The van der Waals surface area contributed by atoms with Gasteiger partial charge in [-0.3, -0.25) is 28.8 Å². The van der Waals surface area contributed by atoms with Crippen LogP contribution in [0.1, 0.15) is 72.7 Å². The predicted molar refractivity (Wildman–Crippen MR) is 186 cm³/mol. The Balaban J connectivity index is 1.71. The minimum absolute atomic E-state index is 0.0254. The summed E-state index contributed by atoms with van der Waals surface area (Å²) in [6, 6.07) is 8.05. The van der Waals surface area contributed by atoms with Gasteiger partial charge in [-0.25, -0.2) is 0 Å². The van der Waals surface area contributed by atoms with E-state index in [1.54, 1.807) is 0 Å². The number of thioether (sulfide) groups is 1. The fourth-order valence-corrected chi connectivity index (χ4v) is 6.93. The van der Waals surface area contributed by atoms with Crippen LogP contribution >= 0.6 is 11.8 Å². The molecule has 3 aliphatic rings. The molecular weight excluding hydrogens is 734 g/mol. The van der Waals surface area contributed by atoms with E-state index in [2.05, 4.69) is 5.32 Å². The maximum Gasteiger partial charge on any atom is 0.303 e. The van der Waals surface area contributed by atoms with E-state index < -0.39 is 104 Å². The van der Waals surface area contributed by atoms with E-state index in [0.717, 1.165) is 33.6 Å². The molecule has 17 nitrogen and oxygen atoms in total. The Morgan fingerprint density at radius 2 is 1.41 bits per heavy atom. The first-order valence-corrected chi connectivity index (χ1v) is 18.7. The summed E-state index contributed by atoms with van der Waals surface area (Å²) < 4.78 is 59.9. The van der Waals surface area contributed by atoms with Crippen LogP contribution in [0.3, 0.4) is 0 Å². The number of benzene rings is 1. The molecule has 0 aliphatic carbocycles. The fraction of sp³-hybridized carbons (Fsp3) is 0.667.